The maximum Gasteiger partial charge on any atom is 0.140 e. The molecule has 4 nitrogen and oxygen atoms in total. The second kappa shape index (κ2) is 5.60. The maximum absolute atomic E-state index is 5.12. The number of piperazine rings is 1. The van der Waals surface area contributed by atoms with Crippen LogP contribution in [0.15, 0.2) is 35.3 Å². The number of hydrogen-bond donors (Lipinski definition) is 0. The molecular formula is C19H25N4S+. The van der Waals surface area contributed by atoms with Crippen molar-refractivity contribution in [3.8, 4) is 0 Å². The van der Waals surface area contributed by atoms with Gasteiger partial charge in [0, 0.05) is 11.9 Å². The fraction of sp³-hybridized carbons (Fsp3) is 0.421. The van der Waals surface area contributed by atoms with E-state index in [1.165, 1.54) is 21.1 Å². The molecule has 1 fully saturated rings. The number of nitrogens with zero attached hydrogens (tertiary/aromatic N) is 4. The Morgan fingerprint density at radius 2 is 1.83 bits per heavy atom. The van der Waals surface area contributed by atoms with E-state index in [0.29, 0.717) is 0 Å². The van der Waals surface area contributed by atoms with Gasteiger partial charge >= 0.3 is 0 Å². The highest BCUT2D eigenvalue weighted by Gasteiger charge is 2.31. The molecule has 24 heavy (non-hydrogen) atoms. The lowest BCUT2D eigenvalue weighted by Crippen LogP contribution is -2.56. The van der Waals surface area contributed by atoms with Crippen LogP contribution in [-0.2, 0) is 0 Å². The van der Waals surface area contributed by atoms with Crippen LogP contribution in [0, 0.1) is 6.92 Å². The standard InChI is InChI=1S/C19H25N4S/c1-14-13-15-18(22-9-11-23(3,4)12-10-22)20-16-7-5-6-8-17(16)21(2)19(15)24-14/h5-8,13H,9-12H2,1-4H3/q+1. The summed E-state index contributed by atoms with van der Waals surface area (Å²) in [5.41, 5.74) is 3.53. The van der Waals surface area contributed by atoms with E-state index >= 15 is 0 Å². The van der Waals surface area contributed by atoms with E-state index in [2.05, 4.69) is 68.2 Å². The highest BCUT2D eigenvalue weighted by Crippen LogP contribution is 2.42. The molecule has 126 valence electrons. The van der Waals surface area contributed by atoms with Crippen molar-refractivity contribution < 1.29 is 4.48 Å². The number of aliphatic imine (C=N–C) groups is 1. The Labute approximate surface area is 148 Å². The van der Waals surface area contributed by atoms with E-state index in [1.807, 2.05) is 11.3 Å². The summed E-state index contributed by atoms with van der Waals surface area (Å²) >= 11 is 1.86. The number of quaternary nitrogens is 1. The molecule has 1 aromatic carbocycles. The summed E-state index contributed by atoms with van der Waals surface area (Å²) in [4.78, 5) is 11.2. The second-order valence-electron chi connectivity index (χ2n) is 7.43. The molecule has 0 saturated carbocycles. The normalized spacial score (nSPS) is 19.4. The van der Waals surface area contributed by atoms with Crippen LogP contribution < -0.4 is 4.90 Å². The lowest BCUT2D eigenvalue weighted by molar-refractivity contribution is -0.894. The molecule has 0 radical (unpaired) electrons. The minimum atomic E-state index is 1.06. The van der Waals surface area contributed by atoms with Gasteiger partial charge in [-0.25, -0.2) is 4.99 Å². The van der Waals surface area contributed by atoms with Crippen LogP contribution in [-0.4, -0.2) is 62.5 Å². The van der Waals surface area contributed by atoms with E-state index in [4.69, 9.17) is 4.99 Å². The first kappa shape index (κ1) is 15.7. The topological polar surface area (TPSA) is 18.8 Å². The van der Waals surface area contributed by atoms with E-state index < -0.39 is 0 Å². The summed E-state index contributed by atoms with van der Waals surface area (Å²) in [5, 5.41) is 1.30. The molecule has 5 heteroatoms. The van der Waals surface area contributed by atoms with Gasteiger partial charge in [0.15, 0.2) is 0 Å². The van der Waals surface area contributed by atoms with Gasteiger partial charge in [-0.2, -0.15) is 0 Å². The molecule has 2 aliphatic rings. The number of rotatable bonds is 0. The van der Waals surface area contributed by atoms with E-state index in [0.717, 1.165) is 42.2 Å². The van der Waals surface area contributed by atoms with Gasteiger partial charge in [0.1, 0.15) is 10.8 Å². The molecule has 2 aromatic rings. The van der Waals surface area contributed by atoms with Crippen molar-refractivity contribution in [2.75, 3.05) is 52.2 Å². The Balaban J connectivity index is 1.82. The van der Waals surface area contributed by atoms with Gasteiger partial charge in [-0.1, -0.05) is 12.1 Å². The Bertz CT molecular complexity index is 795. The van der Waals surface area contributed by atoms with Gasteiger partial charge in [-0.15, -0.1) is 11.3 Å². The summed E-state index contributed by atoms with van der Waals surface area (Å²) < 4.78 is 1.09. The monoisotopic (exact) mass is 341 g/mol. The Kier molecular flexibility index (Phi) is 3.66. The van der Waals surface area contributed by atoms with Crippen LogP contribution in [0.2, 0.25) is 0 Å². The molecule has 0 unspecified atom stereocenters. The molecule has 0 spiro atoms. The molecule has 0 amide bonds. The van der Waals surface area contributed by atoms with Crippen molar-refractivity contribution in [1.82, 2.24) is 4.90 Å². The molecular weight excluding hydrogens is 316 g/mol. The first-order valence-corrected chi connectivity index (χ1v) is 9.35. The van der Waals surface area contributed by atoms with Gasteiger partial charge in [-0.05, 0) is 25.1 Å². The van der Waals surface area contributed by atoms with Gasteiger partial charge < -0.3 is 14.3 Å². The van der Waals surface area contributed by atoms with Crippen molar-refractivity contribution in [2.24, 2.45) is 4.99 Å². The number of benzene rings is 1. The third-order valence-corrected chi connectivity index (χ3v) is 6.23. The molecule has 0 N–H and O–H groups in total. The van der Waals surface area contributed by atoms with E-state index in [9.17, 15) is 0 Å². The number of thiophene rings is 1. The van der Waals surface area contributed by atoms with Crippen LogP contribution in [0.4, 0.5) is 16.4 Å². The lowest BCUT2D eigenvalue weighted by Gasteiger charge is -2.40. The van der Waals surface area contributed by atoms with Crippen molar-refractivity contribution in [1.29, 1.82) is 0 Å². The molecule has 1 aromatic heterocycles. The Morgan fingerprint density at radius 1 is 1.12 bits per heavy atom. The van der Waals surface area contributed by atoms with Crippen molar-refractivity contribution in [3.63, 3.8) is 0 Å². The van der Waals surface area contributed by atoms with E-state index in [-0.39, 0.29) is 0 Å². The molecule has 3 heterocycles. The zero-order valence-corrected chi connectivity index (χ0v) is 15.7. The average Bonchev–Trinajstić information content (AvgIpc) is 2.90. The molecule has 4 rings (SSSR count). The summed E-state index contributed by atoms with van der Waals surface area (Å²) in [5.74, 6) is 1.14. The van der Waals surface area contributed by atoms with Crippen molar-refractivity contribution in [3.05, 3.63) is 40.8 Å². The van der Waals surface area contributed by atoms with Crippen LogP contribution in [0.25, 0.3) is 0 Å². The van der Waals surface area contributed by atoms with Crippen LogP contribution in [0.5, 0.6) is 0 Å². The quantitative estimate of drug-likeness (QED) is 0.682. The third kappa shape index (κ3) is 2.62. The first-order valence-electron chi connectivity index (χ1n) is 8.54. The zero-order chi connectivity index (χ0) is 16.9. The predicted molar refractivity (Wildman–Crippen MR) is 103 cm³/mol. The first-order chi connectivity index (χ1) is 11.4. The fourth-order valence-electron chi connectivity index (χ4n) is 3.50. The van der Waals surface area contributed by atoms with Crippen LogP contribution in [0.3, 0.4) is 0 Å². The maximum atomic E-state index is 5.12. The van der Waals surface area contributed by atoms with Crippen molar-refractivity contribution >= 4 is 33.5 Å². The predicted octanol–water partition coefficient (Wildman–Crippen LogP) is 3.61. The van der Waals surface area contributed by atoms with Gasteiger partial charge in [0.25, 0.3) is 0 Å². The van der Waals surface area contributed by atoms with Gasteiger partial charge in [0.05, 0.1) is 57.2 Å². The lowest BCUT2D eigenvalue weighted by atomic mass is 10.2. The SMILES string of the molecule is Cc1cc2c(s1)N(C)c1ccccc1N=C2N1CC[N+](C)(C)CC1. The molecule has 0 atom stereocenters. The molecule has 2 aliphatic heterocycles. The number of aryl methyl sites for hydroxylation is 1. The number of para-hydroxylation sites is 2. The van der Waals surface area contributed by atoms with Crippen LogP contribution >= 0.6 is 11.3 Å². The number of fused-ring (bicyclic) bond motifs is 2. The minimum Gasteiger partial charge on any atom is -0.345 e. The minimum absolute atomic E-state index is 1.06. The highest BCUT2D eigenvalue weighted by atomic mass is 32.1. The highest BCUT2D eigenvalue weighted by molar-refractivity contribution is 7.16. The Hall–Kier alpha value is -1.85. The molecule has 1 saturated heterocycles. The van der Waals surface area contributed by atoms with Gasteiger partial charge in [-0.3, -0.25) is 0 Å². The molecule has 0 aliphatic carbocycles. The van der Waals surface area contributed by atoms with Gasteiger partial charge in [0.2, 0.25) is 0 Å². The number of anilines is 2. The number of hydrogen-bond acceptors (Lipinski definition) is 4. The summed E-state index contributed by atoms with van der Waals surface area (Å²) in [6, 6.07) is 10.8. The third-order valence-electron chi connectivity index (χ3n) is 5.10. The van der Waals surface area contributed by atoms with E-state index in [1.54, 1.807) is 0 Å². The number of likely N-dealkylation sites (N-methyl/N-ethyl adjacent to an activating group) is 1. The molecule has 0 bridgehead atoms. The zero-order valence-electron chi connectivity index (χ0n) is 14.9. The second-order valence-corrected chi connectivity index (χ2v) is 8.66. The van der Waals surface area contributed by atoms with Crippen LogP contribution in [0.1, 0.15) is 10.4 Å². The number of amidine groups is 1. The Morgan fingerprint density at radius 3 is 2.58 bits per heavy atom. The fourth-order valence-corrected chi connectivity index (χ4v) is 4.47. The summed E-state index contributed by atoms with van der Waals surface area (Å²) in [6.45, 7) is 6.63. The summed E-state index contributed by atoms with van der Waals surface area (Å²) in [7, 11) is 6.78. The smallest absolute Gasteiger partial charge is 0.140 e. The average molecular weight is 342 g/mol. The summed E-state index contributed by atoms with van der Waals surface area (Å²) in [6.07, 6.45) is 0. The largest absolute Gasteiger partial charge is 0.345 e. The van der Waals surface area contributed by atoms with Crippen molar-refractivity contribution in [2.45, 2.75) is 6.92 Å².